The normalized spacial score (nSPS) is 20.0. The van der Waals surface area contributed by atoms with E-state index in [1.54, 1.807) is 0 Å². The minimum atomic E-state index is -3.99. The standard InChI is InChI=1S/C11H20F3N/c1-9(4-3-7-11(12,13)14)15-8-10-5-2-6-10/h9-10,15H,2-8H2,1H3. The summed E-state index contributed by atoms with van der Waals surface area (Å²) in [7, 11) is 0. The van der Waals surface area contributed by atoms with Crippen molar-refractivity contribution in [2.45, 2.75) is 57.7 Å². The van der Waals surface area contributed by atoms with Crippen LogP contribution in [0.5, 0.6) is 0 Å². The molecule has 1 aliphatic carbocycles. The molecule has 1 N–H and O–H groups in total. The van der Waals surface area contributed by atoms with Crippen LogP contribution in [0.15, 0.2) is 0 Å². The highest BCUT2D eigenvalue weighted by Crippen LogP contribution is 2.26. The lowest BCUT2D eigenvalue weighted by Crippen LogP contribution is -2.33. The summed E-state index contributed by atoms with van der Waals surface area (Å²) < 4.78 is 35.6. The molecule has 1 nitrogen and oxygen atoms in total. The fraction of sp³-hybridized carbons (Fsp3) is 1.00. The van der Waals surface area contributed by atoms with Gasteiger partial charge < -0.3 is 5.32 Å². The van der Waals surface area contributed by atoms with E-state index in [0.717, 1.165) is 12.5 Å². The van der Waals surface area contributed by atoms with Gasteiger partial charge in [0, 0.05) is 12.5 Å². The van der Waals surface area contributed by atoms with Crippen LogP contribution in [0.3, 0.4) is 0 Å². The molecule has 1 atom stereocenters. The number of rotatable bonds is 6. The number of hydrogen-bond donors (Lipinski definition) is 1. The largest absolute Gasteiger partial charge is 0.389 e. The average Bonchev–Trinajstić information content (AvgIpc) is 1.98. The maximum atomic E-state index is 11.9. The van der Waals surface area contributed by atoms with E-state index in [2.05, 4.69) is 5.32 Å². The van der Waals surface area contributed by atoms with Gasteiger partial charge in [0.25, 0.3) is 0 Å². The average molecular weight is 223 g/mol. The van der Waals surface area contributed by atoms with Gasteiger partial charge >= 0.3 is 6.18 Å². The summed E-state index contributed by atoms with van der Waals surface area (Å²) >= 11 is 0. The maximum absolute atomic E-state index is 11.9. The van der Waals surface area contributed by atoms with Crippen molar-refractivity contribution in [2.24, 2.45) is 5.92 Å². The Balaban J connectivity index is 1.95. The molecule has 90 valence electrons. The Kier molecular flexibility index (Phi) is 4.90. The Morgan fingerprint density at radius 2 is 2.00 bits per heavy atom. The molecule has 1 fully saturated rings. The first-order valence-electron chi connectivity index (χ1n) is 5.77. The van der Waals surface area contributed by atoms with Crippen LogP contribution < -0.4 is 5.32 Å². The molecule has 0 aromatic carbocycles. The van der Waals surface area contributed by atoms with E-state index < -0.39 is 12.6 Å². The van der Waals surface area contributed by atoms with E-state index >= 15 is 0 Å². The Labute approximate surface area is 89.4 Å². The topological polar surface area (TPSA) is 12.0 Å². The highest BCUT2D eigenvalue weighted by atomic mass is 19.4. The summed E-state index contributed by atoms with van der Waals surface area (Å²) in [5.74, 6) is 0.773. The minimum absolute atomic E-state index is 0.216. The zero-order chi connectivity index (χ0) is 11.3. The Hall–Kier alpha value is -0.250. The summed E-state index contributed by atoms with van der Waals surface area (Å²) in [6.07, 6.45) is 0.0873. The predicted molar refractivity (Wildman–Crippen MR) is 54.7 cm³/mol. The molecule has 1 rings (SSSR count). The molecule has 0 aliphatic heterocycles. The minimum Gasteiger partial charge on any atom is -0.314 e. The van der Waals surface area contributed by atoms with Crippen LogP contribution in [0.1, 0.15) is 45.4 Å². The SMILES string of the molecule is CC(CCCC(F)(F)F)NCC1CCC1. The Morgan fingerprint density at radius 3 is 2.47 bits per heavy atom. The third-order valence-electron chi connectivity index (χ3n) is 3.08. The van der Waals surface area contributed by atoms with Crippen LogP contribution in [0, 0.1) is 5.92 Å². The lowest BCUT2D eigenvalue weighted by molar-refractivity contribution is -0.135. The number of hydrogen-bond acceptors (Lipinski definition) is 1. The van der Waals surface area contributed by atoms with E-state index in [9.17, 15) is 13.2 Å². The number of halogens is 3. The number of alkyl halides is 3. The van der Waals surface area contributed by atoms with Gasteiger partial charge in [0.2, 0.25) is 0 Å². The quantitative estimate of drug-likeness (QED) is 0.726. The second kappa shape index (κ2) is 5.73. The van der Waals surface area contributed by atoms with Crippen LogP contribution in [-0.4, -0.2) is 18.8 Å². The molecule has 0 heterocycles. The van der Waals surface area contributed by atoms with E-state index in [-0.39, 0.29) is 12.5 Å². The lowest BCUT2D eigenvalue weighted by Gasteiger charge is -2.27. The fourth-order valence-corrected chi connectivity index (χ4v) is 1.78. The van der Waals surface area contributed by atoms with Crippen molar-refractivity contribution in [2.75, 3.05) is 6.54 Å². The molecule has 1 saturated carbocycles. The zero-order valence-electron chi connectivity index (χ0n) is 9.24. The van der Waals surface area contributed by atoms with Crippen LogP contribution in [-0.2, 0) is 0 Å². The molecule has 4 heteroatoms. The number of nitrogens with one attached hydrogen (secondary N) is 1. The van der Waals surface area contributed by atoms with Crippen molar-refractivity contribution >= 4 is 0 Å². The van der Waals surface area contributed by atoms with Gasteiger partial charge in [0.1, 0.15) is 0 Å². The summed E-state index contributed by atoms with van der Waals surface area (Å²) in [6, 6.07) is 0.216. The molecule has 0 radical (unpaired) electrons. The second-order valence-electron chi connectivity index (χ2n) is 4.61. The van der Waals surface area contributed by atoms with Gasteiger partial charge in [-0.05, 0) is 45.1 Å². The molecule has 1 aliphatic rings. The predicted octanol–water partition coefficient (Wildman–Crippen LogP) is 3.50. The summed E-state index contributed by atoms with van der Waals surface area (Å²) in [6.45, 7) is 2.95. The van der Waals surface area contributed by atoms with Gasteiger partial charge in [-0.1, -0.05) is 6.42 Å². The molecule has 0 bridgehead atoms. The summed E-state index contributed by atoms with van der Waals surface area (Å²) in [4.78, 5) is 0. The van der Waals surface area contributed by atoms with Crippen molar-refractivity contribution in [1.82, 2.24) is 5.32 Å². The first-order chi connectivity index (χ1) is 6.97. The zero-order valence-corrected chi connectivity index (χ0v) is 9.24. The molecule has 0 spiro atoms. The molecule has 15 heavy (non-hydrogen) atoms. The Bertz CT molecular complexity index is 175. The van der Waals surface area contributed by atoms with Crippen LogP contribution >= 0.6 is 0 Å². The van der Waals surface area contributed by atoms with E-state index in [4.69, 9.17) is 0 Å². The maximum Gasteiger partial charge on any atom is 0.389 e. The van der Waals surface area contributed by atoms with Gasteiger partial charge in [-0.2, -0.15) is 13.2 Å². The van der Waals surface area contributed by atoms with Crippen LogP contribution in [0.4, 0.5) is 13.2 Å². The van der Waals surface area contributed by atoms with Gasteiger partial charge in [-0.3, -0.25) is 0 Å². The van der Waals surface area contributed by atoms with Gasteiger partial charge in [-0.25, -0.2) is 0 Å². The van der Waals surface area contributed by atoms with Crippen molar-refractivity contribution < 1.29 is 13.2 Å². The van der Waals surface area contributed by atoms with E-state index in [0.29, 0.717) is 6.42 Å². The molecular formula is C11H20F3N. The van der Waals surface area contributed by atoms with E-state index in [1.165, 1.54) is 19.3 Å². The molecule has 0 saturated heterocycles. The highest BCUT2D eigenvalue weighted by Gasteiger charge is 2.26. The second-order valence-corrected chi connectivity index (χ2v) is 4.61. The van der Waals surface area contributed by atoms with Crippen molar-refractivity contribution in [3.8, 4) is 0 Å². The molecule has 0 aromatic rings. The third-order valence-corrected chi connectivity index (χ3v) is 3.08. The fourth-order valence-electron chi connectivity index (χ4n) is 1.78. The van der Waals surface area contributed by atoms with Gasteiger partial charge in [0.05, 0.1) is 0 Å². The van der Waals surface area contributed by atoms with Crippen molar-refractivity contribution in [1.29, 1.82) is 0 Å². The Morgan fingerprint density at radius 1 is 1.33 bits per heavy atom. The van der Waals surface area contributed by atoms with Crippen LogP contribution in [0.25, 0.3) is 0 Å². The molecule has 1 unspecified atom stereocenters. The molecule has 0 aromatic heterocycles. The first-order valence-corrected chi connectivity index (χ1v) is 5.77. The summed E-state index contributed by atoms with van der Waals surface area (Å²) in [5.41, 5.74) is 0. The van der Waals surface area contributed by atoms with Gasteiger partial charge in [-0.15, -0.1) is 0 Å². The highest BCUT2D eigenvalue weighted by molar-refractivity contribution is 4.73. The summed E-state index contributed by atoms with van der Waals surface area (Å²) in [5, 5.41) is 3.30. The molecular weight excluding hydrogens is 203 g/mol. The smallest absolute Gasteiger partial charge is 0.314 e. The monoisotopic (exact) mass is 223 g/mol. The first kappa shape index (κ1) is 12.8. The van der Waals surface area contributed by atoms with Gasteiger partial charge in [0.15, 0.2) is 0 Å². The van der Waals surface area contributed by atoms with Crippen LogP contribution in [0.2, 0.25) is 0 Å². The van der Waals surface area contributed by atoms with Crippen molar-refractivity contribution in [3.63, 3.8) is 0 Å². The van der Waals surface area contributed by atoms with Crippen molar-refractivity contribution in [3.05, 3.63) is 0 Å². The third kappa shape index (κ3) is 6.03. The lowest BCUT2D eigenvalue weighted by atomic mass is 9.85. The molecule has 0 amide bonds. The van der Waals surface area contributed by atoms with E-state index in [1.807, 2.05) is 6.92 Å².